The summed E-state index contributed by atoms with van der Waals surface area (Å²) in [6, 6.07) is 7.80. The Bertz CT molecular complexity index is 833. The summed E-state index contributed by atoms with van der Waals surface area (Å²) in [5.41, 5.74) is 4.73. The molecule has 0 saturated carbocycles. The molecule has 126 valence electrons. The fraction of sp³-hybridized carbons (Fsp3) is 0.368. The lowest BCUT2D eigenvalue weighted by Gasteiger charge is -2.41. The average molecular weight is 328 g/mol. The van der Waals surface area contributed by atoms with E-state index in [9.17, 15) is 10.2 Å². The molecule has 1 unspecified atom stereocenters. The van der Waals surface area contributed by atoms with Gasteiger partial charge in [0.05, 0.1) is 27.8 Å². The normalized spacial score (nSPS) is 24.0. The van der Waals surface area contributed by atoms with Gasteiger partial charge in [-0.15, -0.1) is 0 Å². The van der Waals surface area contributed by atoms with Gasteiger partial charge in [0.25, 0.3) is 0 Å². The number of phenols is 2. The summed E-state index contributed by atoms with van der Waals surface area (Å²) >= 11 is 0. The Morgan fingerprint density at radius 2 is 1.62 bits per heavy atom. The minimum absolute atomic E-state index is 0.181. The maximum atomic E-state index is 10.2. The topological polar surface area (TPSA) is 58.9 Å². The summed E-state index contributed by atoms with van der Waals surface area (Å²) in [4.78, 5) is 0. The largest absolute Gasteiger partial charge is 0.504 e. The van der Waals surface area contributed by atoms with E-state index < -0.39 is 0 Å². The Morgan fingerprint density at radius 3 is 2.33 bits per heavy atom. The highest BCUT2D eigenvalue weighted by Crippen LogP contribution is 2.52. The fourth-order valence-electron chi connectivity index (χ4n) is 4.34. The second-order valence-corrected chi connectivity index (χ2v) is 6.84. The second-order valence-electron chi connectivity index (χ2n) is 6.84. The van der Waals surface area contributed by atoms with Crippen molar-refractivity contribution in [3.05, 3.63) is 41.0 Å². The van der Waals surface area contributed by atoms with E-state index in [0.29, 0.717) is 11.5 Å². The van der Waals surface area contributed by atoms with Crippen LogP contribution in [0.25, 0.3) is 0 Å². The molecule has 0 radical (unpaired) electrons. The summed E-state index contributed by atoms with van der Waals surface area (Å²) in [5.74, 6) is 1.40. The zero-order chi connectivity index (χ0) is 17.1. The zero-order valence-corrected chi connectivity index (χ0v) is 14.2. The predicted molar refractivity (Wildman–Crippen MR) is 92.1 cm³/mol. The average Bonchev–Trinajstić information content (AvgIpc) is 2.85. The van der Waals surface area contributed by atoms with Crippen LogP contribution in [0.2, 0.25) is 0 Å². The van der Waals surface area contributed by atoms with Crippen molar-refractivity contribution in [3.8, 4) is 23.0 Å². The van der Waals surface area contributed by atoms with Crippen LogP contribution in [0.1, 0.15) is 22.7 Å². The minimum atomic E-state index is 0.181. The van der Waals surface area contributed by atoms with Gasteiger partial charge in [0.1, 0.15) is 11.7 Å². The summed E-state index contributed by atoms with van der Waals surface area (Å²) < 4.78 is 11.3. The highest BCUT2D eigenvalue weighted by Gasteiger charge is 2.48. The summed E-state index contributed by atoms with van der Waals surface area (Å²) in [7, 11) is 5.37. The molecule has 0 aliphatic carbocycles. The second kappa shape index (κ2) is 5.05. The van der Waals surface area contributed by atoms with E-state index in [1.807, 2.05) is 24.3 Å². The van der Waals surface area contributed by atoms with Crippen molar-refractivity contribution < 1.29 is 19.7 Å². The molecule has 5 nitrogen and oxygen atoms in total. The van der Waals surface area contributed by atoms with Gasteiger partial charge in [0.2, 0.25) is 0 Å². The van der Waals surface area contributed by atoms with Crippen LogP contribution in [0, 0.1) is 0 Å². The van der Waals surface area contributed by atoms with E-state index in [-0.39, 0.29) is 17.5 Å². The van der Waals surface area contributed by atoms with Gasteiger partial charge in [-0.25, -0.2) is 0 Å². The molecule has 0 saturated heterocycles. The van der Waals surface area contributed by atoms with Crippen LogP contribution in [0.3, 0.4) is 0 Å². The summed E-state index contributed by atoms with van der Waals surface area (Å²) in [6.07, 6.45) is 1.75. The molecular formula is C19H22NO4+. The molecule has 2 aliphatic heterocycles. The van der Waals surface area contributed by atoms with Crippen LogP contribution >= 0.6 is 0 Å². The van der Waals surface area contributed by atoms with Gasteiger partial charge in [-0.1, -0.05) is 0 Å². The van der Waals surface area contributed by atoms with Gasteiger partial charge < -0.3 is 19.7 Å². The molecule has 0 bridgehead atoms. The first-order valence-corrected chi connectivity index (χ1v) is 8.13. The maximum Gasteiger partial charge on any atom is 0.166 e. The maximum absolute atomic E-state index is 10.2. The molecule has 2 aliphatic rings. The number of hydrogen-bond donors (Lipinski definition) is 2. The SMILES string of the molecule is COc1cc2c(cc1O)[C@@H]1Cc3cc(O)c(OC)cc3[N+]1(C)CC2. The summed E-state index contributed by atoms with van der Waals surface area (Å²) in [6.45, 7) is 0.965. The molecule has 2 aromatic carbocycles. The first-order valence-electron chi connectivity index (χ1n) is 8.13. The van der Waals surface area contributed by atoms with Crippen LogP contribution in [-0.4, -0.2) is 38.0 Å². The molecule has 4 rings (SSSR count). The van der Waals surface area contributed by atoms with Crippen molar-refractivity contribution in [2.45, 2.75) is 18.9 Å². The van der Waals surface area contributed by atoms with E-state index in [4.69, 9.17) is 9.47 Å². The smallest absolute Gasteiger partial charge is 0.166 e. The Hall–Kier alpha value is -2.40. The molecule has 24 heavy (non-hydrogen) atoms. The van der Waals surface area contributed by atoms with Crippen molar-refractivity contribution in [3.63, 3.8) is 0 Å². The third kappa shape index (κ3) is 1.91. The molecule has 0 spiro atoms. The number of benzene rings is 2. The van der Waals surface area contributed by atoms with E-state index in [0.717, 1.165) is 35.0 Å². The number of nitrogens with zero attached hydrogens (tertiary/aromatic N) is 1. The standard InChI is InChI=1S/C19H21NO4/c1-20-5-4-11-8-18(23-2)17(22)9-13(11)15(20)6-12-7-16(21)19(24-3)10-14(12)20/h7-10,15H,4-6H2,1-3H3,(H-,21,22)/p+1/t15-,20?/m0/s1. The Kier molecular flexibility index (Phi) is 3.18. The highest BCUT2D eigenvalue weighted by molar-refractivity contribution is 5.65. The number of aromatic hydroxyl groups is 2. The number of phenolic OH excluding ortho intramolecular Hbond substituents is 2. The van der Waals surface area contributed by atoms with E-state index >= 15 is 0 Å². The van der Waals surface area contributed by atoms with Crippen molar-refractivity contribution in [2.75, 3.05) is 27.8 Å². The molecule has 0 amide bonds. The zero-order valence-electron chi connectivity index (χ0n) is 14.2. The van der Waals surface area contributed by atoms with Crippen LogP contribution < -0.4 is 14.0 Å². The third-order valence-electron chi connectivity index (χ3n) is 5.68. The first-order chi connectivity index (χ1) is 11.5. The Balaban J connectivity index is 1.85. The monoisotopic (exact) mass is 328 g/mol. The summed E-state index contributed by atoms with van der Waals surface area (Å²) in [5, 5.41) is 20.3. The van der Waals surface area contributed by atoms with Gasteiger partial charge in [-0.05, 0) is 23.8 Å². The number of fused-ring (bicyclic) bond motifs is 5. The molecule has 0 aromatic heterocycles. The molecule has 0 fully saturated rings. The van der Waals surface area contributed by atoms with Gasteiger partial charge in [0, 0.05) is 30.0 Å². The van der Waals surface area contributed by atoms with Crippen LogP contribution in [-0.2, 0) is 12.8 Å². The van der Waals surface area contributed by atoms with Crippen molar-refractivity contribution in [1.82, 2.24) is 4.48 Å². The van der Waals surface area contributed by atoms with Gasteiger partial charge in [-0.2, -0.15) is 0 Å². The minimum Gasteiger partial charge on any atom is -0.504 e. The first kappa shape index (κ1) is 15.1. The van der Waals surface area contributed by atoms with Crippen molar-refractivity contribution >= 4 is 5.69 Å². The number of rotatable bonds is 2. The van der Waals surface area contributed by atoms with Crippen LogP contribution in [0.15, 0.2) is 24.3 Å². The molecule has 2 N–H and O–H groups in total. The number of ether oxygens (including phenoxy) is 2. The van der Waals surface area contributed by atoms with Gasteiger partial charge in [0.15, 0.2) is 23.0 Å². The number of quaternary nitrogens is 1. The lowest BCUT2D eigenvalue weighted by molar-refractivity contribution is 0.251. The van der Waals surface area contributed by atoms with E-state index in [1.54, 1.807) is 14.2 Å². The number of methoxy groups -OCH3 is 2. The Labute approximate surface area is 141 Å². The predicted octanol–water partition coefficient (Wildman–Crippen LogP) is 2.91. The number of hydrogen-bond acceptors (Lipinski definition) is 4. The fourth-order valence-corrected chi connectivity index (χ4v) is 4.34. The Morgan fingerprint density at radius 1 is 0.958 bits per heavy atom. The molecular weight excluding hydrogens is 306 g/mol. The molecule has 5 heteroatoms. The lowest BCUT2D eigenvalue weighted by atomic mass is 9.90. The van der Waals surface area contributed by atoms with E-state index in [1.165, 1.54) is 11.3 Å². The number of likely N-dealkylation sites (N-methyl/N-ethyl adjacent to an activating group) is 1. The van der Waals surface area contributed by atoms with Gasteiger partial charge >= 0.3 is 0 Å². The van der Waals surface area contributed by atoms with Gasteiger partial charge in [-0.3, -0.25) is 4.48 Å². The van der Waals surface area contributed by atoms with Crippen LogP contribution in [0.5, 0.6) is 23.0 Å². The molecule has 2 heterocycles. The third-order valence-corrected chi connectivity index (χ3v) is 5.68. The molecule has 2 atom stereocenters. The van der Waals surface area contributed by atoms with E-state index in [2.05, 4.69) is 7.05 Å². The van der Waals surface area contributed by atoms with Crippen molar-refractivity contribution in [1.29, 1.82) is 0 Å². The lowest BCUT2D eigenvalue weighted by Crippen LogP contribution is -2.50. The highest BCUT2D eigenvalue weighted by atomic mass is 16.5. The van der Waals surface area contributed by atoms with Crippen molar-refractivity contribution in [2.24, 2.45) is 0 Å². The quantitative estimate of drug-likeness (QED) is 0.832. The molecule has 2 aromatic rings. The van der Waals surface area contributed by atoms with Crippen LogP contribution in [0.4, 0.5) is 5.69 Å².